The highest BCUT2D eigenvalue weighted by molar-refractivity contribution is 5.79. The average molecular weight is 283 g/mol. The van der Waals surface area contributed by atoms with Gasteiger partial charge in [-0.15, -0.1) is 0 Å². The molecule has 0 unspecified atom stereocenters. The summed E-state index contributed by atoms with van der Waals surface area (Å²) in [5, 5.41) is 12.2. The van der Waals surface area contributed by atoms with Crippen LogP contribution < -0.4 is 5.32 Å². The summed E-state index contributed by atoms with van der Waals surface area (Å²) < 4.78 is 0. The second-order valence-electron chi connectivity index (χ2n) is 6.13. The smallest absolute Gasteiger partial charge is 0.311 e. The van der Waals surface area contributed by atoms with Gasteiger partial charge in [0.25, 0.3) is 0 Å². The van der Waals surface area contributed by atoms with Crippen LogP contribution in [0.15, 0.2) is 0 Å². The van der Waals surface area contributed by atoms with Gasteiger partial charge in [-0.05, 0) is 31.6 Å². The van der Waals surface area contributed by atoms with Crippen molar-refractivity contribution in [1.82, 2.24) is 5.32 Å². The second kappa shape index (κ2) is 8.28. The first kappa shape index (κ1) is 17.0. The molecule has 1 amide bonds. The maximum absolute atomic E-state index is 12.0. The molecule has 1 rings (SSSR count). The molecule has 0 aliphatic heterocycles. The van der Waals surface area contributed by atoms with Crippen LogP contribution in [-0.4, -0.2) is 23.5 Å². The van der Waals surface area contributed by atoms with Gasteiger partial charge in [-0.3, -0.25) is 9.59 Å². The van der Waals surface area contributed by atoms with E-state index < -0.39 is 11.4 Å². The minimum atomic E-state index is -0.808. The number of amides is 1. The van der Waals surface area contributed by atoms with Gasteiger partial charge < -0.3 is 10.4 Å². The number of hydrogen-bond acceptors (Lipinski definition) is 2. The van der Waals surface area contributed by atoms with E-state index in [1.54, 1.807) is 0 Å². The first-order valence-electron chi connectivity index (χ1n) is 8.04. The Morgan fingerprint density at radius 1 is 1.10 bits per heavy atom. The molecule has 0 aromatic carbocycles. The fourth-order valence-corrected chi connectivity index (χ4v) is 3.05. The zero-order valence-electron chi connectivity index (χ0n) is 12.9. The molecule has 0 aromatic heterocycles. The highest BCUT2D eigenvalue weighted by atomic mass is 16.4. The van der Waals surface area contributed by atoms with Crippen LogP contribution in [0.5, 0.6) is 0 Å². The van der Waals surface area contributed by atoms with Gasteiger partial charge in [-0.2, -0.15) is 0 Å². The van der Waals surface area contributed by atoms with Crippen LogP contribution >= 0.6 is 0 Å². The molecule has 0 heterocycles. The van der Waals surface area contributed by atoms with Crippen molar-refractivity contribution in [2.45, 2.75) is 71.6 Å². The van der Waals surface area contributed by atoms with Crippen LogP contribution in [0.1, 0.15) is 71.6 Å². The number of carbonyl (C=O) groups excluding carboxylic acids is 1. The standard InChI is InChI=1S/C16H29NO3/c1-3-16(4-2,15(19)20)12-17-14(18)11-13-9-7-5-6-8-10-13/h13H,3-12H2,1-2H3,(H,17,18)(H,19,20). The number of carboxylic acids is 1. The summed E-state index contributed by atoms with van der Waals surface area (Å²) in [5.41, 5.74) is -0.806. The fraction of sp³-hybridized carbons (Fsp3) is 0.875. The van der Waals surface area contributed by atoms with E-state index in [1.165, 1.54) is 25.7 Å². The maximum atomic E-state index is 12.0. The quantitative estimate of drug-likeness (QED) is 0.704. The number of rotatable bonds is 7. The molecule has 4 heteroatoms. The van der Waals surface area contributed by atoms with Crippen molar-refractivity contribution in [2.75, 3.05) is 6.54 Å². The van der Waals surface area contributed by atoms with E-state index in [4.69, 9.17) is 0 Å². The molecule has 4 nitrogen and oxygen atoms in total. The number of hydrogen-bond donors (Lipinski definition) is 2. The van der Waals surface area contributed by atoms with Crippen LogP contribution in [0.2, 0.25) is 0 Å². The Labute approximate surface area is 122 Å². The third kappa shape index (κ3) is 4.80. The molecule has 2 N–H and O–H groups in total. The van der Waals surface area contributed by atoms with Crippen LogP contribution in [0.3, 0.4) is 0 Å². The minimum absolute atomic E-state index is 0.0180. The Morgan fingerprint density at radius 3 is 2.10 bits per heavy atom. The van der Waals surface area contributed by atoms with Gasteiger partial charge in [0, 0.05) is 13.0 Å². The van der Waals surface area contributed by atoms with E-state index >= 15 is 0 Å². The van der Waals surface area contributed by atoms with Crippen LogP contribution in [0, 0.1) is 11.3 Å². The molecule has 1 aliphatic rings. The summed E-state index contributed by atoms with van der Waals surface area (Å²) in [6.07, 6.45) is 8.94. The fourth-order valence-electron chi connectivity index (χ4n) is 3.05. The number of carboxylic acid groups (broad SMARTS) is 1. The van der Waals surface area contributed by atoms with Crippen molar-refractivity contribution in [3.8, 4) is 0 Å². The molecule has 1 aliphatic carbocycles. The predicted octanol–water partition coefficient (Wildman–Crippen LogP) is 3.35. The van der Waals surface area contributed by atoms with Gasteiger partial charge in [0.1, 0.15) is 0 Å². The Kier molecular flexibility index (Phi) is 7.03. The second-order valence-corrected chi connectivity index (χ2v) is 6.13. The lowest BCUT2D eigenvalue weighted by Gasteiger charge is -2.27. The largest absolute Gasteiger partial charge is 0.481 e. The van der Waals surface area contributed by atoms with Gasteiger partial charge >= 0.3 is 5.97 Å². The Morgan fingerprint density at radius 2 is 1.65 bits per heavy atom. The molecule has 1 fully saturated rings. The average Bonchev–Trinajstić information content (AvgIpc) is 2.69. The minimum Gasteiger partial charge on any atom is -0.481 e. The molecule has 1 saturated carbocycles. The van der Waals surface area contributed by atoms with E-state index in [0.717, 1.165) is 12.8 Å². The summed E-state index contributed by atoms with van der Waals surface area (Å²) in [6, 6.07) is 0. The third-order valence-corrected chi connectivity index (χ3v) is 4.88. The van der Waals surface area contributed by atoms with Crippen molar-refractivity contribution < 1.29 is 14.7 Å². The summed E-state index contributed by atoms with van der Waals surface area (Å²) >= 11 is 0. The highest BCUT2D eigenvalue weighted by Crippen LogP contribution is 2.27. The lowest BCUT2D eigenvalue weighted by Crippen LogP contribution is -2.42. The lowest BCUT2D eigenvalue weighted by molar-refractivity contribution is -0.149. The van der Waals surface area contributed by atoms with E-state index in [-0.39, 0.29) is 12.5 Å². The Balaban J connectivity index is 2.43. The molecular formula is C16H29NO3. The summed E-state index contributed by atoms with van der Waals surface area (Å²) in [5.74, 6) is -0.304. The van der Waals surface area contributed by atoms with Gasteiger partial charge in [0.2, 0.25) is 5.91 Å². The van der Waals surface area contributed by atoms with Crippen molar-refractivity contribution in [2.24, 2.45) is 11.3 Å². The summed E-state index contributed by atoms with van der Waals surface area (Å²) in [4.78, 5) is 23.4. The molecule has 0 bridgehead atoms. The van der Waals surface area contributed by atoms with Crippen molar-refractivity contribution >= 4 is 11.9 Å². The number of aliphatic carboxylic acids is 1. The SMILES string of the molecule is CCC(CC)(CNC(=O)CC1CCCCCC1)C(=O)O. The molecule has 20 heavy (non-hydrogen) atoms. The zero-order chi connectivity index (χ0) is 15.0. The molecular weight excluding hydrogens is 254 g/mol. The molecule has 0 radical (unpaired) electrons. The zero-order valence-corrected chi connectivity index (χ0v) is 12.9. The lowest BCUT2D eigenvalue weighted by atomic mass is 9.82. The van der Waals surface area contributed by atoms with E-state index in [1.807, 2.05) is 13.8 Å². The molecule has 0 spiro atoms. The van der Waals surface area contributed by atoms with Gasteiger partial charge in [-0.1, -0.05) is 39.5 Å². The monoisotopic (exact) mass is 283 g/mol. The summed E-state index contributed by atoms with van der Waals surface area (Å²) in [7, 11) is 0. The Hall–Kier alpha value is -1.06. The van der Waals surface area contributed by atoms with Crippen molar-refractivity contribution in [3.63, 3.8) is 0 Å². The first-order valence-corrected chi connectivity index (χ1v) is 8.04. The molecule has 0 saturated heterocycles. The first-order chi connectivity index (χ1) is 9.54. The van der Waals surface area contributed by atoms with E-state index in [0.29, 0.717) is 25.2 Å². The third-order valence-electron chi connectivity index (χ3n) is 4.88. The van der Waals surface area contributed by atoms with Crippen LogP contribution in [0.4, 0.5) is 0 Å². The summed E-state index contributed by atoms with van der Waals surface area (Å²) in [6.45, 7) is 3.99. The van der Waals surface area contributed by atoms with Crippen LogP contribution in [-0.2, 0) is 9.59 Å². The van der Waals surface area contributed by atoms with Crippen molar-refractivity contribution in [3.05, 3.63) is 0 Å². The van der Waals surface area contributed by atoms with Crippen molar-refractivity contribution in [1.29, 1.82) is 0 Å². The Bertz CT molecular complexity index is 316. The van der Waals surface area contributed by atoms with Gasteiger partial charge in [0.05, 0.1) is 5.41 Å². The number of nitrogens with one attached hydrogen (secondary N) is 1. The predicted molar refractivity (Wildman–Crippen MR) is 79.5 cm³/mol. The topological polar surface area (TPSA) is 66.4 Å². The highest BCUT2D eigenvalue weighted by Gasteiger charge is 2.35. The number of carbonyl (C=O) groups is 2. The molecule has 0 atom stereocenters. The molecule has 116 valence electrons. The maximum Gasteiger partial charge on any atom is 0.311 e. The molecule has 0 aromatic rings. The van der Waals surface area contributed by atoms with Gasteiger partial charge in [0.15, 0.2) is 0 Å². The van der Waals surface area contributed by atoms with E-state index in [2.05, 4.69) is 5.32 Å². The van der Waals surface area contributed by atoms with Crippen LogP contribution in [0.25, 0.3) is 0 Å². The van der Waals surface area contributed by atoms with Gasteiger partial charge in [-0.25, -0.2) is 0 Å². The van der Waals surface area contributed by atoms with E-state index in [9.17, 15) is 14.7 Å². The normalized spacial score (nSPS) is 17.5.